The van der Waals surface area contributed by atoms with Crippen molar-refractivity contribution < 1.29 is 9.18 Å². The average Bonchev–Trinajstić information content (AvgIpc) is 2.58. The molecular formula is C19H13Cl2FN2O. The van der Waals surface area contributed by atoms with Gasteiger partial charge in [0.25, 0.3) is 0 Å². The van der Waals surface area contributed by atoms with Gasteiger partial charge in [-0.15, -0.1) is 0 Å². The van der Waals surface area contributed by atoms with E-state index in [1.165, 1.54) is 12.1 Å². The molecule has 6 heteroatoms. The van der Waals surface area contributed by atoms with E-state index in [2.05, 4.69) is 4.98 Å². The van der Waals surface area contributed by atoms with Gasteiger partial charge in [-0.3, -0.25) is 9.78 Å². The minimum absolute atomic E-state index is 0.328. The molecule has 0 fully saturated rings. The number of amides is 1. The molecule has 1 heterocycles. The number of hydrogen-bond donors (Lipinski definition) is 1. The predicted molar refractivity (Wildman–Crippen MR) is 97.1 cm³/mol. The van der Waals surface area contributed by atoms with Gasteiger partial charge in [0.15, 0.2) is 0 Å². The van der Waals surface area contributed by atoms with Gasteiger partial charge in [-0.25, -0.2) is 4.39 Å². The molecule has 3 aromatic rings. The molecule has 126 valence electrons. The molecule has 0 spiro atoms. The SMILES string of the molecule is NC(=O)C(c1cccc(-c2cccc(F)c2)n1)c1c(Cl)cccc1Cl. The first-order valence-electron chi connectivity index (χ1n) is 7.43. The van der Waals surface area contributed by atoms with Crippen LogP contribution in [0.25, 0.3) is 11.3 Å². The minimum atomic E-state index is -0.908. The van der Waals surface area contributed by atoms with Crippen molar-refractivity contribution in [2.24, 2.45) is 5.73 Å². The number of benzene rings is 2. The summed E-state index contributed by atoms with van der Waals surface area (Å²) in [5.74, 6) is -1.90. The molecule has 2 N–H and O–H groups in total. The Morgan fingerprint density at radius 2 is 1.64 bits per heavy atom. The number of pyridine rings is 1. The van der Waals surface area contributed by atoms with Crippen LogP contribution in [-0.4, -0.2) is 10.9 Å². The van der Waals surface area contributed by atoms with Crippen LogP contribution >= 0.6 is 23.2 Å². The fourth-order valence-electron chi connectivity index (χ4n) is 2.64. The highest BCUT2D eigenvalue weighted by atomic mass is 35.5. The molecule has 0 saturated carbocycles. The first-order chi connectivity index (χ1) is 12.0. The lowest BCUT2D eigenvalue weighted by Gasteiger charge is -2.17. The second kappa shape index (κ2) is 7.21. The van der Waals surface area contributed by atoms with E-state index in [4.69, 9.17) is 28.9 Å². The van der Waals surface area contributed by atoms with Crippen molar-refractivity contribution in [3.05, 3.63) is 87.8 Å². The van der Waals surface area contributed by atoms with Gasteiger partial charge < -0.3 is 5.73 Å². The maximum Gasteiger partial charge on any atom is 0.231 e. The lowest BCUT2D eigenvalue weighted by molar-refractivity contribution is -0.118. The van der Waals surface area contributed by atoms with Crippen molar-refractivity contribution in [1.29, 1.82) is 0 Å². The van der Waals surface area contributed by atoms with Gasteiger partial charge in [0.05, 0.1) is 11.4 Å². The summed E-state index contributed by atoms with van der Waals surface area (Å²) in [6, 6.07) is 16.1. The Morgan fingerprint density at radius 3 is 2.28 bits per heavy atom. The molecule has 0 radical (unpaired) electrons. The highest BCUT2D eigenvalue weighted by molar-refractivity contribution is 6.36. The fourth-order valence-corrected chi connectivity index (χ4v) is 3.26. The average molecular weight is 375 g/mol. The molecule has 0 aliphatic rings. The van der Waals surface area contributed by atoms with Gasteiger partial charge in [-0.2, -0.15) is 0 Å². The van der Waals surface area contributed by atoms with Crippen LogP contribution in [0, 0.1) is 5.82 Å². The summed E-state index contributed by atoms with van der Waals surface area (Å²) in [5.41, 5.74) is 7.51. The molecule has 3 rings (SSSR count). The highest BCUT2D eigenvalue weighted by Crippen LogP contribution is 2.35. The number of carbonyl (C=O) groups excluding carboxylic acids is 1. The first kappa shape index (κ1) is 17.4. The van der Waals surface area contributed by atoms with Gasteiger partial charge in [-0.05, 0) is 36.4 Å². The van der Waals surface area contributed by atoms with Gasteiger partial charge in [-0.1, -0.05) is 47.5 Å². The number of rotatable bonds is 4. The topological polar surface area (TPSA) is 56.0 Å². The molecule has 3 nitrogen and oxygen atoms in total. The Labute approximate surface area is 154 Å². The molecule has 25 heavy (non-hydrogen) atoms. The van der Waals surface area contributed by atoms with Crippen molar-refractivity contribution in [3.8, 4) is 11.3 Å². The van der Waals surface area contributed by atoms with Gasteiger partial charge in [0.1, 0.15) is 11.7 Å². The van der Waals surface area contributed by atoms with E-state index in [-0.39, 0.29) is 5.82 Å². The Bertz CT molecular complexity index is 926. The summed E-state index contributed by atoms with van der Waals surface area (Å²) in [4.78, 5) is 16.6. The molecule has 0 aliphatic carbocycles. The summed E-state index contributed by atoms with van der Waals surface area (Å²) in [7, 11) is 0. The Hall–Kier alpha value is -2.43. The van der Waals surface area contributed by atoms with Crippen LogP contribution in [-0.2, 0) is 4.79 Å². The van der Waals surface area contributed by atoms with Gasteiger partial charge >= 0.3 is 0 Å². The van der Waals surface area contributed by atoms with Crippen LogP contribution in [0.5, 0.6) is 0 Å². The molecule has 1 amide bonds. The third-order valence-corrected chi connectivity index (χ3v) is 4.42. The standard InChI is InChI=1S/C19H13Cl2FN2O/c20-13-6-2-7-14(21)17(13)18(19(23)25)16-9-3-8-15(24-16)11-4-1-5-12(22)10-11/h1-10,18H,(H2,23,25). The first-order valence-corrected chi connectivity index (χ1v) is 8.19. The van der Waals surface area contributed by atoms with Crippen LogP contribution in [0.4, 0.5) is 4.39 Å². The zero-order chi connectivity index (χ0) is 18.0. The number of nitrogens with two attached hydrogens (primary N) is 1. The van der Waals surface area contributed by atoms with Crippen LogP contribution in [0.2, 0.25) is 10.0 Å². The van der Waals surface area contributed by atoms with Crippen molar-refractivity contribution in [2.75, 3.05) is 0 Å². The Kier molecular flexibility index (Phi) is 5.02. The van der Waals surface area contributed by atoms with Crippen LogP contribution in [0.15, 0.2) is 60.7 Å². The summed E-state index contributed by atoms with van der Waals surface area (Å²) in [6.45, 7) is 0. The highest BCUT2D eigenvalue weighted by Gasteiger charge is 2.26. The normalized spacial score (nSPS) is 12.0. The molecule has 2 aromatic carbocycles. The van der Waals surface area contributed by atoms with Crippen molar-refractivity contribution >= 4 is 29.1 Å². The molecule has 1 aromatic heterocycles. The second-order valence-corrected chi connectivity index (χ2v) is 6.24. The van der Waals surface area contributed by atoms with E-state index in [1.54, 1.807) is 48.5 Å². The van der Waals surface area contributed by atoms with Crippen molar-refractivity contribution in [2.45, 2.75) is 5.92 Å². The van der Waals surface area contributed by atoms with Crippen molar-refractivity contribution in [3.63, 3.8) is 0 Å². The maximum atomic E-state index is 13.5. The summed E-state index contributed by atoms with van der Waals surface area (Å²) in [6.07, 6.45) is 0. The molecule has 0 aliphatic heterocycles. The second-order valence-electron chi connectivity index (χ2n) is 5.43. The van der Waals surface area contributed by atoms with E-state index >= 15 is 0 Å². The third kappa shape index (κ3) is 3.65. The number of hydrogen-bond acceptors (Lipinski definition) is 2. The lowest BCUT2D eigenvalue weighted by Crippen LogP contribution is -2.24. The zero-order valence-corrected chi connectivity index (χ0v) is 14.4. The minimum Gasteiger partial charge on any atom is -0.369 e. The van der Waals surface area contributed by atoms with E-state index < -0.39 is 11.8 Å². The summed E-state index contributed by atoms with van der Waals surface area (Å²) in [5, 5.41) is 0.656. The monoisotopic (exact) mass is 374 g/mol. The Balaban J connectivity index is 2.13. The smallest absolute Gasteiger partial charge is 0.231 e. The van der Waals surface area contributed by atoms with Crippen LogP contribution < -0.4 is 5.73 Å². The van der Waals surface area contributed by atoms with E-state index in [0.717, 1.165) is 0 Å². The van der Waals surface area contributed by atoms with E-state index in [9.17, 15) is 9.18 Å². The largest absolute Gasteiger partial charge is 0.369 e. The maximum absolute atomic E-state index is 13.5. The van der Waals surface area contributed by atoms with Gasteiger partial charge in [0.2, 0.25) is 5.91 Å². The van der Waals surface area contributed by atoms with Gasteiger partial charge in [0, 0.05) is 21.2 Å². The van der Waals surface area contributed by atoms with E-state index in [0.29, 0.717) is 32.6 Å². The number of carbonyl (C=O) groups is 1. The quantitative estimate of drug-likeness (QED) is 0.711. The van der Waals surface area contributed by atoms with Crippen LogP contribution in [0.3, 0.4) is 0 Å². The fraction of sp³-hybridized carbons (Fsp3) is 0.0526. The molecule has 0 saturated heterocycles. The third-order valence-electron chi connectivity index (χ3n) is 3.76. The molecule has 0 bridgehead atoms. The zero-order valence-electron chi connectivity index (χ0n) is 12.9. The number of nitrogens with zero attached hydrogens (tertiary/aromatic N) is 1. The summed E-state index contributed by atoms with van der Waals surface area (Å²) >= 11 is 12.5. The Morgan fingerprint density at radius 1 is 1.00 bits per heavy atom. The lowest BCUT2D eigenvalue weighted by atomic mass is 9.93. The predicted octanol–water partition coefficient (Wildman–Crippen LogP) is 4.81. The van der Waals surface area contributed by atoms with Crippen molar-refractivity contribution in [1.82, 2.24) is 4.98 Å². The molecule has 1 unspecified atom stereocenters. The van der Waals surface area contributed by atoms with E-state index in [1.807, 2.05) is 0 Å². The number of halogens is 3. The van der Waals surface area contributed by atoms with Crippen LogP contribution in [0.1, 0.15) is 17.2 Å². The molecular weight excluding hydrogens is 362 g/mol. The molecule has 1 atom stereocenters. The summed E-state index contributed by atoms with van der Waals surface area (Å²) < 4.78 is 13.5. The number of aromatic nitrogens is 1. The number of primary amides is 1.